The summed E-state index contributed by atoms with van der Waals surface area (Å²) in [4.78, 5) is 23.0. The maximum Gasteiger partial charge on any atom is 0.220 e. The quantitative estimate of drug-likeness (QED) is 0.712. The van der Waals surface area contributed by atoms with Gasteiger partial charge in [0.15, 0.2) is 0 Å². The van der Waals surface area contributed by atoms with Crippen molar-refractivity contribution in [3.8, 4) is 0 Å². The third-order valence-electron chi connectivity index (χ3n) is 2.71. The minimum atomic E-state index is 0.0381. The van der Waals surface area contributed by atoms with Gasteiger partial charge < -0.3 is 10.6 Å². The van der Waals surface area contributed by atoms with Crippen LogP contribution in [0, 0.1) is 11.3 Å². The molecule has 0 saturated heterocycles. The van der Waals surface area contributed by atoms with Crippen LogP contribution in [0.25, 0.3) is 0 Å². The van der Waals surface area contributed by atoms with Gasteiger partial charge in [-0.25, -0.2) is 0 Å². The monoisotopic (exact) mass is 270 g/mol. The van der Waals surface area contributed by atoms with Crippen molar-refractivity contribution in [1.29, 1.82) is 0 Å². The van der Waals surface area contributed by atoms with Crippen molar-refractivity contribution in [2.75, 3.05) is 13.1 Å². The third-order valence-corrected chi connectivity index (χ3v) is 2.71. The van der Waals surface area contributed by atoms with E-state index in [1.54, 1.807) is 0 Å². The molecule has 19 heavy (non-hydrogen) atoms. The van der Waals surface area contributed by atoms with Crippen molar-refractivity contribution < 1.29 is 9.59 Å². The van der Waals surface area contributed by atoms with E-state index < -0.39 is 0 Å². The minimum absolute atomic E-state index is 0.0381. The van der Waals surface area contributed by atoms with Crippen molar-refractivity contribution in [2.24, 2.45) is 11.3 Å². The molecule has 0 aromatic rings. The Morgan fingerprint density at radius 3 is 2.00 bits per heavy atom. The first kappa shape index (κ1) is 17.9. The van der Waals surface area contributed by atoms with Gasteiger partial charge in [0.1, 0.15) is 0 Å². The number of carbonyl (C=O) groups excluding carboxylic acids is 2. The normalized spacial score (nSPS) is 11.5. The smallest absolute Gasteiger partial charge is 0.220 e. The fourth-order valence-electron chi connectivity index (χ4n) is 1.48. The SMILES string of the molecule is CC(C)CNC(=O)CCCC(=O)NCCC(C)(C)C. The van der Waals surface area contributed by atoms with Crippen LogP contribution in [0.4, 0.5) is 0 Å². The van der Waals surface area contributed by atoms with E-state index in [-0.39, 0.29) is 17.2 Å². The number of hydrogen-bond donors (Lipinski definition) is 2. The van der Waals surface area contributed by atoms with Crippen molar-refractivity contribution in [3.05, 3.63) is 0 Å². The predicted molar refractivity (Wildman–Crippen MR) is 78.8 cm³/mol. The summed E-state index contributed by atoms with van der Waals surface area (Å²) in [7, 11) is 0. The zero-order valence-corrected chi connectivity index (χ0v) is 13.1. The molecule has 0 aliphatic rings. The summed E-state index contributed by atoms with van der Waals surface area (Å²) >= 11 is 0. The van der Waals surface area contributed by atoms with Crippen LogP contribution in [0.15, 0.2) is 0 Å². The number of hydrogen-bond acceptors (Lipinski definition) is 2. The van der Waals surface area contributed by atoms with Gasteiger partial charge in [0.25, 0.3) is 0 Å². The average molecular weight is 270 g/mol. The highest BCUT2D eigenvalue weighted by Gasteiger charge is 2.10. The summed E-state index contributed by atoms with van der Waals surface area (Å²) in [5, 5.41) is 5.74. The predicted octanol–water partition coefficient (Wildman–Crippen LogP) is 2.48. The van der Waals surface area contributed by atoms with Crippen molar-refractivity contribution >= 4 is 11.8 Å². The van der Waals surface area contributed by atoms with Crippen LogP contribution in [-0.2, 0) is 9.59 Å². The van der Waals surface area contributed by atoms with Gasteiger partial charge in [-0.15, -0.1) is 0 Å². The molecule has 0 aromatic carbocycles. The van der Waals surface area contributed by atoms with Crippen molar-refractivity contribution in [3.63, 3.8) is 0 Å². The molecule has 0 aliphatic heterocycles. The summed E-state index contributed by atoms with van der Waals surface area (Å²) in [6.45, 7) is 12.0. The lowest BCUT2D eigenvalue weighted by Gasteiger charge is -2.17. The van der Waals surface area contributed by atoms with Gasteiger partial charge >= 0.3 is 0 Å². The first-order valence-electron chi connectivity index (χ1n) is 7.24. The van der Waals surface area contributed by atoms with E-state index in [9.17, 15) is 9.59 Å². The maximum absolute atomic E-state index is 11.5. The highest BCUT2D eigenvalue weighted by Crippen LogP contribution is 2.16. The third kappa shape index (κ3) is 13.2. The van der Waals surface area contributed by atoms with E-state index in [1.165, 1.54) is 0 Å². The highest BCUT2D eigenvalue weighted by atomic mass is 16.2. The molecule has 0 aliphatic carbocycles. The topological polar surface area (TPSA) is 58.2 Å². The second-order valence-corrected chi connectivity index (χ2v) is 6.71. The lowest BCUT2D eigenvalue weighted by Crippen LogP contribution is -2.29. The molecule has 0 saturated carbocycles. The van der Waals surface area contributed by atoms with Gasteiger partial charge in [-0.1, -0.05) is 34.6 Å². The molecular weight excluding hydrogens is 240 g/mol. The zero-order chi connectivity index (χ0) is 14.9. The molecule has 0 heterocycles. The van der Waals surface area contributed by atoms with Gasteiger partial charge in [0.05, 0.1) is 0 Å². The van der Waals surface area contributed by atoms with E-state index in [1.807, 2.05) is 0 Å². The molecule has 0 aromatic heterocycles. The molecule has 2 N–H and O–H groups in total. The van der Waals surface area contributed by atoms with Crippen LogP contribution >= 0.6 is 0 Å². The highest BCUT2D eigenvalue weighted by molar-refractivity contribution is 5.78. The molecule has 0 rings (SSSR count). The Balaban J connectivity index is 3.55. The summed E-state index contributed by atoms with van der Waals surface area (Å²) in [5.74, 6) is 0.543. The molecule has 0 radical (unpaired) electrons. The van der Waals surface area contributed by atoms with Crippen LogP contribution in [-0.4, -0.2) is 24.9 Å². The van der Waals surface area contributed by atoms with Crippen LogP contribution in [0.1, 0.15) is 60.3 Å². The van der Waals surface area contributed by atoms with Crippen LogP contribution in [0.2, 0.25) is 0 Å². The minimum Gasteiger partial charge on any atom is -0.356 e. The van der Waals surface area contributed by atoms with E-state index in [0.717, 1.165) is 6.42 Å². The van der Waals surface area contributed by atoms with Crippen LogP contribution in [0.3, 0.4) is 0 Å². The number of nitrogens with one attached hydrogen (secondary N) is 2. The standard InChI is InChI=1S/C15H30N2O2/c1-12(2)11-17-14(19)8-6-7-13(18)16-10-9-15(3,4)5/h12H,6-11H2,1-5H3,(H,16,18)(H,17,19). The Bertz CT molecular complexity index is 280. The fourth-order valence-corrected chi connectivity index (χ4v) is 1.48. The number of rotatable bonds is 8. The largest absolute Gasteiger partial charge is 0.356 e. The molecule has 0 fully saturated rings. The van der Waals surface area contributed by atoms with Crippen LogP contribution in [0.5, 0.6) is 0 Å². The van der Waals surface area contributed by atoms with Gasteiger partial charge in [-0.2, -0.15) is 0 Å². The van der Waals surface area contributed by atoms with Gasteiger partial charge in [0.2, 0.25) is 11.8 Å². The first-order valence-corrected chi connectivity index (χ1v) is 7.24. The molecule has 112 valence electrons. The van der Waals surface area contributed by atoms with Gasteiger partial charge in [0, 0.05) is 25.9 Å². The zero-order valence-electron chi connectivity index (χ0n) is 13.1. The Morgan fingerprint density at radius 2 is 1.53 bits per heavy atom. The van der Waals surface area contributed by atoms with E-state index in [4.69, 9.17) is 0 Å². The van der Waals surface area contributed by atoms with E-state index >= 15 is 0 Å². The molecule has 0 spiro atoms. The van der Waals surface area contributed by atoms with Crippen LogP contribution < -0.4 is 10.6 Å². The molecular formula is C15H30N2O2. The molecule has 0 bridgehead atoms. The van der Waals surface area contributed by atoms with Gasteiger partial charge in [-0.3, -0.25) is 9.59 Å². The molecule has 4 heteroatoms. The Labute approximate surface area is 117 Å². The Morgan fingerprint density at radius 1 is 1.00 bits per heavy atom. The second-order valence-electron chi connectivity index (χ2n) is 6.71. The molecule has 0 unspecified atom stereocenters. The number of carbonyl (C=O) groups is 2. The summed E-state index contributed by atoms with van der Waals surface area (Å²) in [6.07, 6.45) is 2.44. The second kappa shape index (κ2) is 8.94. The lowest BCUT2D eigenvalue weighted by molar-refractivity contribution is -0.122. The summed E-state index contributed by atoms with van der Waals surface area (Å²) < 4.78 is 0. The molecule has 0 atom stereocenters. The van der Waals surface area contributed by atoms with Crippen molar-refractivity contribution in [1.82, 2.24) is 10.6 Å². The maximum atomic E-state index is 11.5. The van der Waals surface area contributed by atoms with Gasteiger partial charge in [-0.05, 0) is 24.2 Å². The Kier molecular flexibility index (Phi) is 8.44. The average Bonchev–Trinajstić information content (AvgIpc) is 2.24. The first-order chi connectivity index (χ1) is 8.70. The fraction of sp³-hybridized carbons (Fsp3) is 0.867. The summed E-state index contributed by atoms with van der Waals surface area (Å²) in [6, 6.07) is 0. The van der Waals surface area contributed by atoms with E-state index in [0.29, 0.717) is 38.3 Å². The molecule has 2 amide bonds. The molecule has 4 nitrogen and oxygen atoms in total. The van der Waals surface area contributed by atoms with E-state index in [2.05, 4.69) is 45.3 Å². The Hall–Kier alpha value is -1.06. The summed E-state index contributed by atoms with van der Waals surface area (Å²) in [5.41, 5.74) is 0.240. The van der Waals surface area contributed by atoms with Crippen molar-refractivity contribution in [2.45, 2.75) is 60.3 Å². The lowest BCUT2D eigenvalue weighted by atomic mass is 9.92. The number of amides is 2.